The predicted octanol–water partition coefficient (Wildman–Crippen LogP) is 0.969. The lowest BCUT2D eigenvalue weighted by Crippen LogP contribution is -2.24. The summed E-state index contributed by atoms with van der Waals surface area (Å²) in [6.07, 6.45) is -0.494. The second-order valence-corrected chi connectivity index (χ2v) is 2.71. The second-order valence-electron chi connectivity index (χ2n) is 2.71. The Balaban J connectivity index is 2.91. The number of nitrogens with one attached hydrogen (secondary N) is 1. The van der Waals surface area contributed by atoms with Gasteiger partial charge in [-0.15, -0.1) is 0 Å². The molecule has 11 heavy (non-hydrogen) atoms. The van der Waals surface area contributed by atoms with Crippen LogP contribution in [0.15, 0.2) is 0 Å². The summed E-state index contributed by atoms with van der Waals surface area (Å²) in [4.78, 5) is 0. The Labute approximate surface area is 66.1 Å². The first-order chi connectivity index (χ1) is 5.13. The first-order valence-corrected chi connectivity index (χ1v) is 3.87. The highest BCUT2D eigenvalue weighted by atomic mass is 19.3. The first-order valence-electron chi connectivity index (χ1n) is 3.87. The zero-order valence-corrected chi connectivity index (χ0v) is 6.82. The summed E-state index contributed by atoms with van der Waals surface area (Å²) in [7, 11) is 0. The average Bonchev–Trinajstić information content (AvgIpc) is 1.85. The zero-order valence-electron chi connectivity index (χ0n) is 6.82. The van der Waals surface area contributed by atoms with E-state index in [9.17, 15) is 8.78 Å². The van der Waals surface area contributed by atoms with Gasteiger partial charge in [0.05, 0.1) is 6.54 Å². The third kappa shape index (κ3) is 9.78. The van der Waals surface area contributed by atoms with Gasteiger partial charge in [0, 0.05) is 6.04 Å². The van der Waals surface area contributed by atoms with E-state index in [0.29, 0.717) is 6.54 Å². The van der Waals surface area contributed by atoms with E-state index in [0.717, 1.165) is 12.8 Å². The molecule has 1 atom stereocenters. The lowest BCUT2D eigenvalue weighted by atomic mass is 10.2. The van der Waals surface area contributed by atoms with Gasteiger partial charge < -0.3 is 11.1 Å². The smallest absolute Gasteiger partial charge is 0.250 e. The van der Waals surface area contributed by atoms with E-state index < -0.39 is 6.43 Å². The van der Waals surface area contributed by atoms with Gasteiger partial charge in [-0.1, -0.05) is 0 Å². The lowest BCUT2D eigenvalue weighted by Gasteiger charge is -2.05. The van der Waals surface area contributed by atoms with Crippen LogP contribution in [0.2, 0.25) is 0 Å². The summed E-state index contributed by atoms with van der Waals surface area (Å²) in [6.45, 7) is 2.33. The van der Waals surface area contributed by atoms with Crippen LogP contribution in [0.3, 0.4) is 0 Å². The Morgan fingerprint density at radius 1 is 1.45 bits per heavy atom. The van der Waals surface area contributed by atoms with Gasteiger partial charge in [-0.05, 0) is 26.3 Å². The normalized spacial score (nSPS) is 13.9. The summed E-state index contributed by atoms with van der Waals surface area (Å²) in [6, 6.07) is 0.170. The molecule has 0 aliphatic heterocycles. The number of alkyl halides is 2. The number of halogens is 2. The summed E-state index contributed by atoms with van der Waals surface area (Å²) in [5.74, 6) is 0. The van der Waals surface area contributed by atoms with Crippen molar-refractivity contribution >= 4 is 0 Å². The third-order valence-electron chi connectivity index (χ3n) is 1.31. The summed E-state index contributed by atoms with van der Waals surface area (Å²) in [5.41, 5.74) is 5.46. The fourth-order valence-corrected chi connectivity index (χ4v) is 0.760. The van der Waals surface area contributed by atoms with Crippen molar-refractivity contribution in [2.75, 3.05) is 13.1 Å². The second kappa shape index (κ2) is 6.49. The Morgan fingerprint density at radius 3 is 2.55 bits per heavy atom. The minimum Gasteiger partial charge on any atom is -0.328 e. The number of hydrogen-bond donors (Lipinski definition) is 2. The summed E-state index contributed by atoms with van der Waals surface area (Å²) < 4.78 is 23.1. The molecule has 0 aliphatic carbocycles. The van der Waals surface area contributed by atoms with Crippen molar-refractivity contribution in [1.82, 2.24) is 5.32 Å². The van der Waals surface area contributed by atoms with Crippen LogP contribution < -0.4 is 11.1 Å². The number of rotatable bonds is 6. The number of hydrogen-bond acceptors (Lipinski definition) is 2. The molecule has 2 nitrogen and oxygen atoms in total. The molecular formula is C7H16F2N2. The molecule has 0 saturated heterocycles. The SMILES string of the molecule is CC(N)CCCNCC(F)F. The Morgan fingerprint density at radius 2 is 2.09 bits per heavy atom. The van der Waals surface area contributed by atoms with Crippen LogP contribution in [0.4, 0.5) is 8.78 Å². The predicted molar refractivity (Wildman–Crippen MR) is 41.8 cm³/mol. The molecule has 4 heteroatoms. The minimum atomic E-state index is -2.25. The van der Waals surface area contributed by atoms with Gasteiger partial charge in [0.1, 0.15) is 0 Å². The van der Waals surface area contributed by atoms with Gasteiger partial charge in [-0.25, -0.2) is 8.78 Å². The van der Waals surface area contributed by atoms with E-state index in [1.54, 1.807) is 0 Å². The molecule has 0 heterocycles. The molecule has 0 aliphatic rings. The van der Waals surface area contributed by atoms with Crippen LogP contribution in [0.1, 0.15) is 19.8 Å². The molecular weight excluding hydrogens is 150 g/mol. The molecule has 0 aromatic heterocycles. The van der Waals surface area contributed by atoms with Crippen molar-refractivity contribution in [2.45, 2.75) is 32.2 Å². The minimum absolute atomic E-state index is 0.170. The Hall–Kier alpha value is -0.220. The van der Waals surface area contributed by atoms with E-state index >= 15 is 0 Å². The van der Waals surface area contributed by atoms with Gasteiger partial charge in [0.15, 0.2) is 0 Å². The molecule has 0 amide bonds. The van der Waals surface area contributed by atoms with Crippen molar-refractivity contribution in [3.05, 3.63) is 0 Å². The number of nitrogens with two attached hydrogens (primary N) is 1. The van der Waals surface area contributed by atoms with Crippen LogP contribution in [0.5, 0.6) is 0 Å². The molecule has 0 spiro atoms. The summed E-state index contributed by atoms with van der Waals surface area (Å²) in [5, 5.41) is 2.63. The quantitative estimate of drug-likeness (QED) is 0.577. The fraction of sp³-hybridized carbons (Fsp3) is 1.00. The van der Waals surface area contributed by atoms with Crippen molar-refractivity contribution in [3.8, 4) is 0 Å². The standard InChI is InChI=1S/C7H16F2N2/c1-6(10)3-2-4-11-5-7(8)9/h6-7,11H,2-5,10H2,1H3. The molecule has 1 unspecified atom stereocenters. The highest BCUT2D eigenvalue weighted by Gasteiger charge is 1.99. The molecule has 0 aromatic carbocycles. The summed E-state index contributed by atoms with van der Waals surface area (Å²) >= 11 is 0. The molecule has 0 rings (SSSR count). The van der Waals surface area contributed by atoms with E-state index in [1.165, 1.54) is 0 Å². The van der Waals surface area contributed by atoms with E-state index in [4.69, 9.17) is 5.73 Å². The third-order valence-corrected chi connectivity index (χ3v) is 1.31. The topological polar surface area (TPSA) is 38.0 Å². The maximum absolute atomic E-state index is 11.5. The largest absolute Gasteiger partial charge is 0.328 e. The van der Waals surface area contributed by atoms with Gasteiger partial charge >= 0.3 is 0 Å². The van der Waals surface area contributed by atoms with Gasteiger partial charge in [0.2, 0.25) is 0 Å². The van der Waals surface area contributed by atoms with Crippen molar-refractivity contribution < 1.29 is 8.78 Å². The molecule has 0 aromatic rings. The van der Waals surface area contributed by atoms with E-state index in [2.05, 4.69) is 5.32 Å². The maximum Gasteiger partial charge on any atom is 0.250 e. The van der Waals surface area contributed by atoms with Gasteiger partial charge in [0.25, 0.3) is 6.43 Å². The Kier molecular flexibility index (Phi) is 6.36. The van der Waals surface area contributed by atoms with E-state index in [-0.39, 0.29) is 12.6 Å². The molecule has 0 bridgehead atoms. The molecule has 0 fully saturated rings. The highest BCUT2D eigenvalue weighted by Crippen LogP contribution is 1.92. The molecule has 0 radical (unpaired) electrons. The average molecular weight is 166 g/mol. The van der Waals surface area contributed by atoms with Crippen LogP contribution >= 0.6 is 0 Å². The zero-order chi connectivity index (χ0) is 8.69. The lowest BCUT2D eigenvalue weighted by molar-refractivity contribution is 0.146. The van der Waals surface area contributed by atoms with Crippen molar-refractivity contribution in [2.24, 2.45) is 5.73 Å². The van der Waals surface area contributed by atoms with Crippen molar-refractivity contribution in [3.63, 3.8) is 0 Å². The molecule has 3 N–H and O–H groups in total. The maximum atomic E-state index is 11.5. The van der Waals surface area contributed by atoms with Crippen LogP contribution in [0, 0.1) is 0 Å². The van der Waals surface area contributed by atoms with Crippen molar-refractivity contribution in [1.29, 1.82) is 0 Å². The van der Waals surface area contributed by atoms with Gasteiger partial charge in [-0.3, -0.25) is 0 Å². The monoisotopic (exact) mass is 166 g/mol. The van der Waals surface area contributed by atoms with E-state index in [1.807, 2.05) is 6.92 Å². The Bertz CT molecular complexity index is 76.5. The first kappa shape index (κ1) is 10.8. The van der Waals surface area contributed by atoms with Crippen LogP contribution in [-0.4, -0.2) is 25.6 Å². The van der Waals surface area contributed by atoms with Crippen LogP contribution in [-0.2, 0) is 0 Å². The fourth-order valence-electron chi connectivity index (χ4n) is 0.760. The van der Waals surface area contributed by atoms with Gasteiger partial charge in [-0.2, -0.15) is 0 Å². The molecule has 68 valence electrons. The highest BCUT2D eigenvalue weighted by molar-refractivity contribution is 4.55. The van der Waals surface area contributed by atoms with Crippen LogP contribution in [0.25, 0.3) is 0 Å². The molecule has 0 saturated carbocycles.